The molecule has 0 spiro atoms. The highest BCUT2D eigenvalue weighted by molar-refractivity contribution is 5.05. The molecule has 2 heteroatoms. The molecule has 1 atom stereocenters. The van der Waals surface area contributed by atoms with Crippen molar-refractivity contribution in [2.24, 2.45) is 5.92 Å². The quantitative estimate of drug-likeness (QED) is 0.582. The van der Waals surface area contributed by atoms with Crippen molar-refractivity contribution < 1.29 is 4.74 Å². The van der Waals surface area contributed by atoms with Crippen LogP contribution in [0.1, 0.15) is 13.8 Å². The molecule has 58 valence electrons. The molecule has 1 heterocycles. The molecular weight excluding hydrogens is 126 g/mol. The smallest absolute Gasteiger partial charge is 0.130 e. The van der Waals surface area contributed by atoms with Gasteiger partial charge in [-0.2, -0.15) is 0 Å². The van der Waals surface area contributed by atoms with E-state index in [1.807, 2.05) is 0 Å². The molecule has 0 aromatic heterocycles. The Hall–Kier alpha value is -0.340. The SMILES string of the molecule is C=C(C(C)C)C1NCCO1. The molecule has 0 amide bonds. The van der Waals surface area contributed by atoms with E-state index in [-0.39, 0.29) is 6.23 Å². The largest absolute Gasteiger partial charge is 0.358 e. The van der Waals surface area contributed by atoms with E-state index < -0.39 is 0 Å². The molecule has 1 N–H and O–H groups in total. The molecular formula is C8H15NO. The molecule has 0 aliphatic carbocycles. The number of hydrogen-bond donors (Lipinski definition) is 1. The first-order chi connectivity index (χ1) is 4.72. The minimum atomic E-state index is 0.111. The Labute approximate surface area is 62.3 Å². The van der Waals surface area contributed by atoms with Crippen LogP contribution >= 0.6 is 0 Å². The summed E-state index contributed by atoms with van der Waals surface area (Å²) in [4.78, 5) is 0. The third kappa shape index (κ3) is 1.58. The van der Waals surface area contributed by atoms with Crippen LogP contribution in [-0.2, 0) is 4.74 Å². The maximum Gasteiger partial charge on any atom is 0.130 e. The highest BCUT2D eigenvalue weighted by Gasteiger charge is 2.18. The summed E-state index contributed by atoms with van der Waals surface area (Å²) in [5.74, 6) is 0.510. The first-order valence-electron chi connectivity index (χ1n) is 3.75. The average molecular weight is 141 g/mol. The van der Waals surface area contributed by atoms with Gasteiger partial charge in [-0.05, 0) is 11.5 Å². The molecule has 1 rings (SSSR count). The Bertz CT molecular complexity index is 125. The number of hydrogen-bond acceptors (Lipinski definition) is 2. The lowest BCUT2D eigenvalue weighted by Gasteiger charge is -2.15. The van der Waals surface area contributed by atoms with Gasteiger partial charge in [0.15, 0.2) is 0 Å². The molecule has 1 fully saturated rings. The number of ether oxygens (including phenoxy) is 1. The third-order valence-corrected chi connectivity index (χ3v) is 1.79. The van der Waals surface area contributed by atoms with Crippen molar-refractivity contribution >= 4 is 0 Å². The minimum absolute atomic E-state index is 0.111. The van der Waals surface area contributed by atoms with Crippen molar-refractivity contribution in [1.82, 2.24) is 5.32 Å². The predicted molar refractivity (Wildman–Crippen MR) is 41.7 cm³/mol. The van der Waals surface area contributed by atoms with E-state index >= 15 is 0 Å². The van der Waals surface area contributed by atoms with Crippen molar-refractivity contribution in [3.05, 3.63) is 12.2 Å². The summed E-state index contributed by atoms with van der Waals surface area (Å²) in [6.45, 7) is 9.98. The van der Waals surface area contributed by atoms with Crippen LogP contribution in [-0.4, -0.2) is 19.4 Å². The van der Waals surface area contributed by atoms with Crippen molar-refractivity contribution in [3.63, 3.8) is 0 Å². The molecule has 10 heavy (non-hydrogen) atoms. The first kappa shape index (κ1) is 7.76. The Morgan fingerprint density at radius 2 is 2.40 bits per heavy atom. The van der Waals surface area contributed by atoms with Gasteiger partial charge < -0.3 is 4.74 Å². The lowest BCUT2D eigenvalue weighted by Crippen LogP contribution is -2.26. The zero-order chi connectivity index (χ0) is 7.56. The van der Waals surface area contributed by atoms with Crippen LogP contribution in [0.25, 0.3) is 0 Å². The molecule has 1 unspecified atom stereocenters. The predicted octanol–water partition coefficient (Wildman–Crippen LogP) is 1.14. The monoisotopic (exact) mass is 141 g/mol. The van der Waals surface area contributed by atoms with Gasteiger partial charge in [0.2, 0.25) is 0 Å². The fourth-order valence-corrected chi connectivity index (χ4v) is 0.967. The molecule has 1 aliphatic rings. The molecule has 0 saturated carbocycles. The Morgan fingerprint density at radius 1 is 1.70 bits per heavy atom. The highest BCUT2D eigenvalue weighted by atomic mass is 16.5. The maximum absolute atomic E-state index is 5.37. The molecule has 0 bridgehead atoms. The second kappa shape index (κ2) is 3.17. The molecule has 2 nitrogen and oxygen atoms in total. The van der Waals surface area contributed by atoms with Crippen LogP contribution < -0.4 is 5.32 Å². The molecule has 0 radical (unpaired) electrons. The zero-order valence-electron chi connectivity index (χ0n) is 6.68. The Kier molecular flexibility index (Phi) is 2.46. The van der Waals surface area contributed by atoms with Gasteiger partial charge in [0, 0.05) is 6.54 Å². The van der Waals surface area contributed by atoms with Crippen molar-refractivity contribution in [3.8, 4) is 0 Å². The lowest BCUT2D eigenvalue weighted by atomic mass is 10.0. The number of nitrogens with one attached hydrogen (secondary N) is 1. The maximum atomic E-state index is 5.37. The third-order valence-electron chi connectivity index (χ3n) is 1.79. The van der Waals surface area contributed by atoms with Gasteiger partial charge in [-0.3, -0.25) is 5.32 Å². The van der Waals surface area contributed by atoms with Crippen LogP contribution in [0.3, 0.4) is 0 Å². The van der Waals surface area contributed by atoms with E-state index in [0.29, 0.717) is 5.92 Å². The standard InChI is InChI=1S/C8H15NO/c1-6(2)7(3)8-9-4-5-10-8/h6,8-9H,3-5H2,1-2H3. The Morgan fingerprint density at radius 3 is 2.80 bits per heavy atom. The summed E-state index contributed by atoms with van der Waals surface area (Å²) >= 11 is 0. The Balaban J connectivity index is 2.40. The van der Waals surface area contributed by atoms with Gasteiger partial charge in [0.1, 0.15) is 6.23 Å². The summed E-state index contributed by atoms with van der Waals surface area (Å²) < 4.78 is 5.37. The summed E-state index contributed by atoms with van der Waals surface area (Å²) in [5.41, 5.74) is 1.15. The van der Waals surface area contributed by atoms with Gasteiger partial charge in [0.05, 0.1) is 6.61 Å². The van der Waals surface area contributed by atoms with Gasteiger partial charge in [-0.25, -0.2) is 0 Å². The minimum Gasteiger partial charge on any atom is -0.358 e. The second-order valence-electron chi connectivity index (χ2n) is 2.93. The van der Waals surface area contributed by atoms with E-state index in [2.05, 4.69) is 25.7 Å². The van der Waals surface area contributed by atoms with Crippen LogP contribution in [0.15, 0.2) is 12.2 Å². The van der Waals surface area contributed by atoms with Gasteiger partial charge in [0.25, 0.3) is 0 Å². The molecule has 0 aromatic carbocycles. The van der Waals surface area contributed by atoms with Gasteiger partial charge in [-0.1, -0.05) is 20.4 Å². The lowest BCUT2D eigenvalue weighted by molar-refractivity contribution is 0.122. The highest BCUT2D eigenvalue weighted by Crippen LogP contribution is 2.14. The van der Waals surface area contributed by atoms with Crippen LogP contribution in [0, 0.1) is 5.92 Å². The van der Waals surface area contributed by atoms with Crippen molar-refractivity contribution in [2.45, 2.75) is 20.1 Å². The molecule has 1 aliphatic heterocycles. The second-order valence-corrected chi connectivity index (χ2v) is 2.93. The fourth-order valence-electron chi connectivity index (χ4n) is 0.967. The van der Waals surface area contributed by atoms with Crippen molar-refractivity contribution in [1.29, 1.82) is 0 Å². The van der Waals surface area contributed by atoms with Crippen LogP contribution in [0.2, 0.25) is 0 Å². The normalized spacial score (nSPS) is 25.7. The zero-order valence-corrected chi connectivity index (χ0v) is 6.68. The summed E-state index contributed by atoms with van der Waals surface area (Å²) in [5, 5.41) is 3.22. The summed E-state index contributed by atoms with van der Waals surface area (Å²) in [6.07, 6.45) is 0.111. The molecule has 1 saturated heterocycles. The summed E-state index contributed by atoms with van der Waals surface area (Å²) in [6, 6.07) is 0. The van der Waals surface area contributed by atoms with Crippen molar-refractivity contribution in [2.75, 3.05) is 13.2 Å². The van der Waals surface area contributed by atoms with Gasteiger partial charge >= 0.3 is 0 Å². The van der Waals surface area contributed by atoms with E-state index in [1.54, 1.807) is 0 Å². The first-order valence-corrected chi connectivity index (χ1v) is 3.75. The topological polar surface area (TPSA) is 21.3 Å². The molecule has 0 aromatic rings. The van der Waals surface area contributed by atoms with Crippen LogP contribution in [0.5, 0.6) is 0 Å². The fraction of sp³-hybridized carbons (Fsp3) is 0.750. The van der Waals surface area contributed by atoms with E-state index in [1.165, 1.54) is 0 Å². The van der Waals surface area contributed by atoms with Gasteiger partial charge in [-0.15, -0.1) is 0 Å². The summed E-state index contributed by atoms with van der Waals surface area (Å²) in [7, 11) is 0. The average Bonchev–Trinajstić information content (AvgIpc) is 2.36. The number of rotatable bonds is 2. The van der Waals surface area contributed by atoms with Crippen LogP contribution in [0.4, 0.5) is 0 Å². The van der Waals surface area contributed by atoms with E-state index in [4.69, 9.17) is 4.74 Å². The van der Waals surface area contributed by atoms with E-state index in [9.17, 15) is 0 Å². The van der Waals surface area contributed by atoms with E-state index in [0.717, 1.165) is 18.7 Å².